The molecule has 0 amide bonds. The first-order valence-electron chi connectivity index (χ1n) is 6.07. The van der Waals surface area contributed by atoms with Crippen molar-refractivity contribution in [2.75, 3.05) is 18.9 Å². The molecule has 0 spiro atoms. The molecule has 0 aliphatic carbocycles. The topological polar surface area (TPSA) is 99.1 Å². The monoisotopic (exact) mass is 283 g/mol. The molecule has 1 aliphatic heterocycles. The van der Waals surface area contributed by atoms with E-state index in [4.69, 9.17) is 27.2 Å². The molecule has 2 aromatic heterocycles. The number of nitrogens with two attached hydrogens (primary N) is 1. The van der Waals surface area contributed by atoms with Crippen molar-refractivity contribution in [2.24, 2.45) is 5.92 Å². The van der Waals surface area contributed by atoms with Crippen molar-refractivity contribution in [3.05, 3.63) is 11.5 Å². The molecule has 1 aliphatic rings. The lowest BCUT2D eigenvalue weighted by molar-refractivity contribution is -0.0669. The van der Waals surface area contributed by atoms with Crippen LogP contribution in [0.5, 0.6) is 0 Å². The van der Waals surface area contributed by atoms with Crippen LogP contribution in [-0.4, -0.2) is 37.8 Å². The summed E-state index contributed by atoms with van der Waals surface area (Å²) in [5, 5.41) is 9.34. The van der Waals surface area contributed by atoms with Gasteiger partial charge < -0.3 is 15.6 Å². The summed E-state index contributed by atoms with van der Waals surface area (Å²) in [7, 11) is 0. The Hall–Kier alpha value is -1.44. The van der Waals surface area contributed by atoms with E-state index in [9.17, 15) is 0 Å². The highest BCUT2D eigenvalue weighted by Crippen LogP contribution is 2.29. The highest BCUT2D eigenvalue weighted by Gasteiger charge is 2.24. The molecular formula is C11H14ClN5O2. The van der Waals surface area contributed by atoms with Crippen LogP contribution in [0.2, 0.25) is 5.15 Å². The molecule has 2 unspecified atom stereocenters. The number of halogens is 1. The quantitative estimate of drug-likeness (QED) is 0.797. The normalized spacial score (nSPS) is 23.9. The summed E-state index contributed by atoms with van der Waals surface area (Å²) in [5.74, 6) is 0.317. The first kappa shape index (κ1) is 12.6. The Kier molecular flexibility index (Phi) is 3.26. The van der Waals surface area contributed by atoms with Crippen molar-refractivity contribution in [1.29, 1.82) is 0 Å². The summed E-state index contributed by atoms with van der Waals surface area (Å²) in [5.41, 5.74) is 6.70. The minimum Gasteiger partial charge on any atom is -0.396 e. The molecule has 0 aromatic carbocycles. The number of imidazole rings is 1. The predicted octanol–water partition coefficient (Wildman–Crippen LogP) is 0.979. The summed E-state index contributed by atoms with van der Waals surface area (Å²) in [4.78, 5) is 12.2. The molecule has 3 heterocycles. The maximum absolute atomic E-state index is 9.10. The number of hydrogen-bond acceptors (Lipinski definition) is 6. The summed E-state index contributed by atoms with van der Waals surface area (Å²) >= 11 is 5.98. The van der Waals surface area contributed by atoms with Crippen LogP contribution in [0, 0.1) is 5.92 Å². The number of nitrogen functional groups attached to an aromatic ring is 1. The second kappa shape index (κ2) is 4.92. The number of nitrogens with zero attached hydrogens (tertiary/aromatic N) is 4. The number of hydrogen-bond donors (Lipinski definition) is 2. The fraction of sp³-hybridized carbons (Fsp3) is 0.545. The molecule has 3 N–H and O–H groups in total. The fourth-order valence-corrected chi connectivity index (χ4v) is 2.48. The van der Waals surface area contributed by atoms with E-state index < -0.39 is 0 Å². The van der Waals surface area contributed by atoms with Crippen molar-refractivity contribution < 1.29 is 9.84 Å². The first-order chi connectivity index (χ1) is 9.19. The largest absolute Gasteiger partial charge is 0.396 e. The molecule has 3 rings (SSSR count). The molecule has 0 bridgehead atoms. The zero-order valence-electron chi connectivity index (χ0n) is 10.2. The van der Waals surface area contributed by atoms with E-state index in [0.29, 0.717) is 17.8 Å². The van der Waals surface area contributed by atoms with Gasteiger partial charge in [-0.3, -0.25) is 4.57 Å². The third-order valence-corrected chi connectivity index (χ3v) is 3.57. The molecule has 1 fully saturated rings. The lowest BCUT2D eigenvalue weighted by Gasteiger charge is -2.28. The Morgan fingerprint density at radius 1 is 1.47 bits per heavy atom. The van der Waals surface area contributed by atoms with Gasteiger partial charge in [0.1, 0.15) is 11.7 Å². The Labute approximate surface area is 114 Å². The molecule has 0 saturated carbocycles. The van der Waals surface area contributed by atoms with Gasteiger partial charge in [-0.1, -0.05) is 11.6 Å². The average Bonchev–Trinajstić information content (AvgIpc) is 2.83. The number of aliphatic hydroxyl groups excluding tert-OH is 1. The third-order valence-electron chi connectivity index (χ3n) is 3.31. The van der Waals surface area contributed by atoms with Gasteiger partial charge in [0, 0.05) is 12.5 Å². The zero-order chi connectivity index (χ0) is 13.4. The molecule has 7 nitrogen and oxygen atoms in total. The van der Waals surface area contributed by atoms with E-state index in [1.807, 2.05) is 4.57 Å². The van der Waals surface area contributed by atoms with Crippen LogP contribution in [0.3, 0.4) is 0 Å². The number of aliphatic hydroxyl groups is 1. The number of anilines is 1. The van der Waals surface area contributed by atoms with Gasteiger partial charge in [-0.25, -0.2) is 4.98 Å². The van der Waals surface area contributed by atoms with Crippen LogP contribution >= 0.6 is 11.6 Å². The summed E-state index contributed by atoms with van der Waals surface area (Å²) in [6, 6.07) is 0. The number of fused-ring (bicyclic) bond motifs is 1. The maximum atomic E-state index is 9.10. The molecule has 0 radical (unpaired) electrons. The summed E-state index contributed by atoms with van der Waals surface area (Å²) < 4.78 is 7.54. The minimum atomic E-state index is -0.154. The van der Waals surface area contributed by atoms with Crippen LogP contribution < -0.4 is 5.73 Å². The van der Waals surface area contributed by atoms with Gasteiger partial charge in [-0.2, -0.15) is 9.97 Å². The van der Waals surface area contributed by atoms with Crippen LogP contribution in [0.4, 0.5) is 5.95 Å². The lowest BCUT2D eigenvalue weighted by Crippen LogP contribution is -2.26. The molecule has 19 heavy (non-hydrogen) atoms. The van der Waals surface area contributed by atoms with Crippen molar-refractivity contribution in [1.82, 2.24) is 19.5 Å². The van der Waals surface area contributed by atoms with Gasteiger partial charge in [0.25, 0.3) is 0 Å². The highest BCUT2D eigenvalue weighted by atomic mass is 35.5. The standard InChI is InChI=1S/C11H14ClN5O2/c12-9-8-10(16-11(13)15-9)17(5-14-8)7-2-1-6(3-18)4-19-7/h5-7,18H,1-4H2,(H2,13,15,16). The predicted molar refractivity (Wildman–Crippen MR) is 69.5 cm³/mol. The lowest BCUT2D eigenvalue weighted by atomic mass is 10.0. The Balaban J connectivity index is 1.93. The number of rotatable bonds is 2. The highest BCUT2D eigenvalue weighted by molar-refractivity contribution is 6.33. The van der Waals surface area contributed by atoms with Gasteiger partial charge in [-0.05, 0) is 12.8 Å². The SMILES string of the molecule is Nc1nc(Cl)c2ncn(C3CCC(CO)CO3)c2n1. The van der Waals surface area contributed by atoms with Gasteiger partial charge in [0.2, 0.25) is 5.95 Å². The first-order valence-corrected chi connectivity index (χ1v) is 6.45. The fourth-order valence-electron chi connectivity index (χ4n) is 2.26. The van der Waals surface area contributed by atoms with Gasteiger partial charge in [0.15, 0.2) is 10.8 Å². The van der Waals surface area contributed by atoms with Crippen LogP contribution in [0.25, 0.3) is 11.2 Å². The Bertz CT molecular complexity index is 594. The second-order valence-electron chi connectivity index (χ2n) is 4.61. The van der Waals surface area contributed by atoms with Crippen molar-refractivity contribution in [3.63, 3.8) is 0 Å². The van der Waals surface area contributed by atoms with Crippen molar-refractivity contribution >= 4 is 28.7 Å². The van der Waals surface area contributed by atoms with E-state index in [2.05, 4.69) is 15.0 Å². The molecule has 8 heteroatoms. The summed E-state index contributed by atoms with van der Waals surface area (Å²) in [6.07, 6.45) is 3.17. The number of ether oxygens (including phenoxy) is 1. The van der Waals surface area contributed by atoms with Gasteiger partial charge in [0.05, 0.1) is 12.9 Å². The number of aromatic nitrogens is 4. The maximum Gasteiger partial charge on any atom is 0.223 e. The smallest absolute Gasteiger partial charge is 0.223 e. The van der Waals surface area contributed by atoms with E-state index in [0.717, 1.165) is 12.8 Å². The third kappa shape index (κ3) is 2.24. The van der Waals surface area contributed by atoms with Crippen molar-refractivity contribution in [3.8, 4) is 0 Å². The Morgan fingerprint density at radius 3 is 3.00 bits per heavy atom. The van der Waals surface area contributed by atoms with Crippen molar-refractivity contribution in [2.45, 2.75) is 19.1 Å². The molecular weight excluding hydrogens is 270 g/mol. The average molecular weight is 284 g/mol. The van der Waals surface area contributed by atoms with E-state index in [-0.39, 0.29) is 29.9 Å². The second-order valence-corrected chi connectivity index (χ2v) is 4.97. The van der Waals surface area contributed by atoms with Crippen LogP contribution in [0.15, 0.2) is 6.33 Å². The van der Waals surface area contributed by atoms with E-state index >= 15 is 0 Å². The van der Waals surface area contributed by atoms with Crippen LogP contribution in [0.1, 0.15) is 19.1 Å². The molecule has 2 atom stereocenters. The molecule has 102 valence electrons. The molecule has 1 saturated heterocycles. The summed E-state index contributed by atoms with van der Waals surface area (Å²) in [6.45, 7) is 0.674. The minimum absolute atomic E-state index is 0.114. The Morgan fingerprint density at radius 2 is 2.32 bits per heavy atom. The molecule has 2 aromatic rings. The van der Waals surface area contributed by atoms with Crippen LogP contribution in [-0.2, 0) is 4.74 Å². The van der Waals surface area contributed by atoms with Gasteiger partial charge in [-0.15, -0.1) is 0 Å². The van der Waals surface area contributed by atoms with E-state index in [1.54, 1.807) is 6.33 Å². The van der Waals surface area contributed by atoms with E-state index in [1.165, 1.54) is 0 Å². The zero-order valence-corrected chi connectivity index (χ0v) is 10.9. The van der Waals surface area contributed by atoms with Gasteiger partial charge >= 0.3 is 0 Å².